The third-order valence-electron chi connectivity index (χ3n) is 2.44. The lowest BCUT2D eigenvalue weighted by atomic mass is 10.0. The highest BCUT2D eigenvalue weighted by Gasteiger charge is 2.16. The molecule has 1 N–H and O–H groups in total. The lowest BCUT2D eigenvalue weighted by molar-refractivity contribution is 0.557. The van der Waals surface area contributed by atoms with Crippen LogP contribution < -0.4 is 5.32 Å². The van der Waals surface area contributed by atoms with E-state index in [0.29, 0.717) is 5.02 Å². The molecule has 0 saturated heterocycles. The van der Waals surface area contributed by atoms with Gasteiger partial charge in [0.25, 0.3) is 0 Å². The van der Waals surface area contributed by atoms with E-state index in [1.807, 2.05) is 13.1 Å². The Morgan fingerprint density at radius 1 is 1.38 bits per heavy atom. The molecule has 1 aromatic carbocycles. The second-order valence-electron chi connectivity index (χ2n) is 3.44. The smallest absolute Gasteiger partial charge is 0.124 e. The predicted molar refractivity (Wildman–Crippen MR) is 61.0 cm³/mol. The van der Waals surface area contributed by atoms with E-state index in [1.54, 1.807) is 18.6 Å². The Balaban J connectivity index is 2.41. The van der Waals surface area contributed by atoms with Crippen molar-refractivity contribution in [3.63, 3.8) is 0 Å². The summed E-state index contributed by atoms with van der Waals surface area (Å²) in [6, 6.07) is 6.13. The molecule has 2 nitrogen and oxygen atoms in total. The number of furan rings is 1. The van der Waals surface area contributed by atoms with Gasteiger partial charge in [0, 0.05) is 10.6 Å². The van der Waals surface area contributed by atoms with Crippen molar-refractivity contribution in [1.82, 2.24) is 5.32 Å². The molecule has 0 aliphatic heterocycles. The molecule has 0 amide bonds. The highest BCUT2D eigenvalue weighted by Crippen LogP contribution is 2.28. The minimum atomic E-state index is -0.337. The summed E-state index contributed by atoms with van der Waals surface area (Å²) >= 11 is 6.01. The molecule has 0 spiro atoms. The first-order chi connectivity index (χ1) is 7.72. The van der Waals surface area contributed by atoms with Crippen molar-refractivity contribution >= 4 is 11.6 Å². The lowest BCUT2D eigenvalue weighted by Crippen LogP contribution is -2.17. The number of hydrogen-bond acceptors (Lipinski definition) is 2. The first kappa shape index (κ1) is 11.2. The van der Waals surface area contributed by atoms with Crippen LogP contribution in [0.4, 0.5) is 4.39 Å². The van der Waals surface area contributed by atoms with Crippen molar-refractivity contribution in [1.29, 1.82) is 0 Å². The van der Waals surface area contributed by atoms with Crippen LogP contribution in [0.1, 0.15) is 17.2 Å². The van der Waals surface area contributed by atoms with Gasteiger partial charge in [0.2, 0.25) is 0 Å². The van der Waals surface area contributed by atoms with Crippen molar-refractivity contribution in [3.8, 4) is 0 Å². The van der Waals surface area contributed by atoms with E-state index >= 15 is 0 Å². The fourth-order valence-corrected chi connectivity index (χ4v) is 1.95. The quantitative estimate of drug-likeness (QED) is 0.888. The molecule has 84 valence electrons. The molecule has 0 bridgehead atoms. The van der Waals surface area contributed by atoms with E-state index in [9.17, 15) is 4.39 Å². The Kier molecular flexibility index (Phi) is 3.27. The van der Waals surface area contributed by atoms with E-state index in [-0.39, 0.29) is 11.9 Å². The SMILES string of the molecule is CNC(c1ccoc1)c1ccc(F)cc1Cl. The summed E-state index contributed by atoms with van der Waals surface area (Å²) in [5.41, 5.74) is 1.78. The Morgan fingerprint density at radius 3 is 2.75 bits per heavy atom. The summed E-state index contributed by atoms with van der Waals surface area (Å²) in [7, 11) is 1.82. The van der Waals surface area contributed by atoms with Crippen LogP contribution in [-0.2, 0) is 0 Å². The monoisotopic (exact) mass is 239 g/mol. The van der Waals surface area contributed by atoms with Gasteiger partial charge in [0.1, 0.15) is 5.82 Å². The molecule has 2 aromatic rings. The normalized spacial score (nSPS) is 12.7. The number of rotatable bonds is 3. The molecule has 1 unspecified atom stereocenters. The van der Waals surface area contributed by atoms with E-state index in [0.717, 1.165) is 11.1 Å². The molecule has 4 heteroatoms. The zero-order valence-corrected chi connectivity index (χ0v) is 9.46. The summed E-state index contributed by atoms with van der Waals surface area (Å²) < 4.78 is 18.0. The zero-order valence-electron chi connectivity index (χ0n) is 8.71. The number of halogens is 2. The Labute approximate surface area is 98.0 Å². The van der Waals surface area contributed by atoms with Crippen LogP contribution in [0.2, 0.25) is 5.02 Å². The third kappa shape index (κ3) is 2.10. The van der Waals surface area contributed by atoms with Crippen molar-refractivity contribution in [2.24, 2.45) is 0 Å². The van der Waals surface area contributed by atoms with Crippen LogP contribution in [0.25, 0.3) is 0 Å². The lowest BCUT2D eigenvalue weighted by Gasteiger charge is -2.16. The molecule has 0 aliphatic carbocycles. The molecule has 0 fully saturated rings. The molecular weight excluding hydrogens is 229 g/mol. The van der Waals surface area contributed by atoms with E-state index in [2.05, 4.69) is 5.32 Å². The topological polar surface area (TPSA) is 25.2 Å². The molecule has 1 atom stereocenters. The Morgan fingerprint density at radius 2 is 2.19 bits per heavy atom. The maximum absolute atomic E-state index is 12.9. The number of nitrogens with one attached hydrogen (secondary N) is 1. The second-order valence-corrected chi connectivity index (χ2v) is 3.85. The van der Waals surface area contributed by atoms with Gasteiger partial charge < -0.3 is 9.73 Å². The first-order valence-corrected chi connectivity index (χ1v) is 5.24. The minimum absolute atomic E-state index is 0.0909. The van der Waals surface area contributed by atoms with Crippen LogP contribution in [0, 0.1) is 5.82 Å². The van der Waals surface area contributed by atoms with Gasteiger partial charge in [-0.05, 0) is 30.8 Å². The average Bonchev–Trinajstić information content (AvgIpc) is 2.75. The molecule has 2 rings (SSSR count). The third-order valence-corrected chi connectivity index (χ3v) is 2.77. The molecule has 1 aromatic heterocycles. The van der Waals surface area contributed by atoms with Gasteiger partial charge in [-0.2, -0.15) is 0 Å². The standard InChI is InChI=1S/C12H11ClFNO/c1-15-12(8-4-5-16-7-8)10-3-2-9(14)6-11(10)13/h2-7,12,15H,1H3. The summed E-state index contributed by atoms with van der Waals surface area (Å²) in [5, 5.41) is 3.52. The Hall–Kier alpha value is -1.32. The van der Waals surface area contributed by atoms with Gasteiger partial charge in [-0.25, -0.2) is 4.39 Å². The van der Waals surface area contributed by atoms with Crippen LogP contribution in [-0.4, -0.2) is 7.05 Å². The minimum Gasteiger partial charge on any atom is -0.472 e. The highest BCUT2D eigenvalue weighted by atomic mass is 35.5. The van der Waals surface area contributed by atoms with Crippen molar-refractivity contribution < 1.29 is 8.81 Å². The molecule has 1 heterocycles. The highest BCUT2D eigenvalue weighted by molar-refractivity contribution is 6.31. The fraction of sp³-hybridized carbons (Fsp3) is 0.167. The van der Waals surface area contributed by atoms with Gasteiger partial charge in [-0.15, -0.1) is 0 Å². The predicted octanol–water partition coefficient (Wildman–Crippen LogP) is 3.38. The molecular formula is C12H11ClFNO. The zero-order chi connectivity index (χ0) is 11.5. The van der Waals surface area contributed by atoms with E-state index in [1.165, 1.54) is 12.1 Å². The average molecular weight is 240 g/mol. The molecule has 0 radical (unpaired) electrons. The molecule has 16 heavy (non-hydrogen) atoms. The summed E-state index contributed by atoms with van der Waals surface area (Å²) in [4.78, 5) is 0. The molecule has 0 saturated carbocycles. The first-order valence-electron chi connectivity index (χ1n) is 4.86. The summed E-state index contributed by atoms with van der Waals surface area (Å²) in [6.45, 7) is 0. The van der Waals surface area contributed by atoms with Crippen molar-refractivity contribution in [2.45, 2.75) is 6.04 Å². The summed E-state index contributed by atoms with van der Waals surface area (Å²) in [5.74, 6) is -0.337. The van der Waals surface area contributed by atoms with Crippen molar-refractivity contribution in [3.05, 3.63) is 58.8 Å². The van der Waals surface area contributed by atoms with Gasteiger partial charge in [-0.1, -0.05) is 17.7 Å². The van der Waals surface area contributed by atoms with Gasteiger partial charge in [0.15, 0.2) is 0 Å². The largest absolute Gasteiger partial charge is 0.472 e. The van der Waals surface area contributed by atoms with E-state index in [4.69, 9.17) is 16.0 Å². The van der Waals surface area contributed by atoms with E-state index < -0.39 is 0 Å². The molecule has 0 aliphatic rings. The maximum Gasteiger partial charge on any atom is 0.124 e. The number of benzene rings is 1. The maximum atomic E-state index is 12.9. The van der Waals surface area contributed by atoms with Crippen LogP contribution >= 0.6 is 11.6 Å². The second kappa shape index (κ2) is 4.68. The van der Waals surface area contributed by atoms with Gasteiger partial charge in [0.05, 0.1) is 18.6 Å². The van der Waals surface area contributed by atoms with Crippen LogP contribution in [0.5, 0.6) is 0 Å². The van der Waals surface area contributed by atoms with Gasteiger partial charge >= 0.3 is 0 Å². The van der Waals surface area contributed by atoms with Crippen LogP contribution in [0.3, 0.4) is 0 Å². The van der Waals surface area contributed by atoms with Crippen molar-refractivity contribution in [2.75, 3.05) is 7.05 Å². The Bertz CT molecular complexity index is 470. The number of hydrogen-bond donors (Lipinski definition) is 1. The summed E-state index contributed by atoms with van der Waals surface area (Å²) in [6.07, 6.45) is 3.23. The van der Waals surface area contributed by atoms with Gasteiger partial charge in [-0.3, -0.25) is 0 Å². The fourth-order valence-electron chi connectivity index (χ4n) is 1.68. The van der Waals surface area contributed by atoms with Crippen LogP contribution in [0.15, 0.2) is 41.2 Å².